The van der Waals surface area contributed by atoms with Gasteiger partial charge in [0, 0.05) is 28.9 Å². The van der Waals surface area contributed by atoms with Crippen LogP contribution in [0.2, 0.25) is 0 Å². The van der Waals surface area contributed by atoms with Gasteiger partial charge in [0.25, 0.3) is 0 Å². The summed E-state index contributed by atoms with van der Waals surface area (Å²) in [6, 6.07) is 4.48. The van der Waals surface area contributed by atoms with Crippen molar-refractivity contribution in [3.8, 4) is 0 Å². The van der Waals surface area contributed by atoms with E-state index in [9.17, 15) is 0 Å². The molecular formula is C14H22N2S. The third-order valence-electron chi connectivity index (χ3n) is 3.54. The van der Waals surface area contributed by atoms with E-state index in [1.165, 1.54) is 31.2 Å². The van der Waals surface area contributed by atoms with Crippen LogP contribution in [-0.2, 0) is 0 Å². The molecule has 1 heterocycles. The number of pyridine rings is 1. The first-order valence-electron chi connectivity index (χ1n) is 6.62. The van der Waals surface area contributed by atoms with Crippen molar-refractivity contribution < 1.29 is 0 Å². The second kappa shape index (κ2) is 6.41. The van der Waals surface area contributed by atoms with E-state index in [1.807, 2.05) is 12.4 Å². The van der Waals surface area contributed by atoms with Crippen LogP contribution >= 0.6 is 11.8 Å². The van der Waals surface area contributed by atoms with Gasteiger partial charge in [0.1, 0.15) is 0 Å². The molecule has 0 aromatic carbocycles. The van der Waals surface area contributed by atoms with E-state index in [-0.39, 0.29) is 6.04 Å². The summed E-state index contributed by atoms with van der Waals surface area (Å²) in [4.78, 5) is 4.09. The Morgan fingerprint density at radius 1 is 1.35 bits per heavy atom. The van der Waals surface area contributed by atoms with Crippen LogP contribution in [0, 0.1) is 0 Å². The molecule has 2 unspecified atom stereocenters. The SMILES string of the molecule is CCC(N)C(SC1CCCC1)c1ccncc1. The lowest BCUT2D eigenvalue weighted by atomic mass is 10.1. The van der Waals surface area contributed by atoms with Gasteiger partial charge in [-0.1, -0.05) is 19.8 Å². The molecule has 0 saturated heterocycles. The highest BCUT2D eigenvalue weighted by atomic mass is 32.2. The number of nitrogens with zero attached hydrogens (tertiary/aromatic N) is 1. The Bertz CT molecular complexity index is 322. The highest BCUT2D eigenvalue weighted by Crippen LogP contribution is 2.41. The normalized spacial score (nSPS) is 20.4. The summed E-state index contributed by atoms with van der Waals surface area (Å²) in [6.07, 6.45) is 10.3. The van der Waals surface area contributed by atoms with Crippen LogP contribution in [0.3, 0.4) is 0 Å². The van der Waals surface area contributed by atoms with Crippen LogP contribution in [0.25, 0.3) is 0 Å². The minimum atomic E-state index is 0.253. The molecule has 1 aliphatic carbocycles. The predicted octanol–water partition coefficient (Wildman–Crippen LogP) is 3.54. The fraction of sp³-hybridized carbons (Fsp3) is 0.643. The van der Waals surface area contributed by atoms with Gasteiger partial charge in [-0.05, 0) is 37.0 Å². The maximum absolute atomic E-state index is 6.29. The first-order chi connectivity index (χ1) is 8.31. The minimum absolute atomic E-state index is 0.253. The van der Waals surface area contributed by atoms with E-state index in [4.69, 9.17) is 5.73 Å². The summed E-state index contributed by atoms with van der Waals surface area (Å²) in [7, 11) is 0. The van der Waals surface area contributed by atoms with Gasteiger partial charge < -0.3 is 5.73 Å². The van der Waals surface area contributed by atoms with E-state index in [1.54, 1.807) is 0 Å². The van der Waals surface area contributed by atoms with Gasteiger partial charge in [-0.2, -0.15) is 0 Å². The van der Waals surface area contributed by atoms with Crippen molar-refractivity contribution in [2.45, 2.75) is 55.6 Å². The monoisotopic (exact) mass is 250 g/mol. The van der Waals surface area contributed by atoms with Gasteiger partial charge in [-0.15, -0.1) is 11.8 Å². The highest BCUT2D eigenvalue weighted by molar-refractivity contribution is 8.00. The van der Waals surface area contributed by atoms with Crippen LogP contribution in [0.4, 0.5) is 0 Å². The maximum Gasteiger partial charge on any atom is 0.0452 e. The number of hydrogen-bond acceptors (Lipinski definition) is 3. The lowest BCUT2D eigenvalue weighted by Crippen LogP contribution is -2.27. The van der Waals surface area contributed by atoms with Crippen LogP contribution in [-0.4, -0.2) is 16.3 Å². The number of hydrogen-bond donors (Lipinski definition) is 1. The molecule has 3 heteroatoms. The molecule has 2 atom stereocenters. The lowest BCUT2D eigenvalue weighted by Gasteiger charge is -2.25. The molecule has 0 spiro atoms. The van der Waals surface area contributed by atoms with Crippen molar-refractivity contribution in [3.63, 3.8) is 0 Å². The van der Waals surface area contributed by atoms with Gasteiger partial charge in [0.05, 0.1) is 0 Å². The quantitative estimate of drug-likeness (QED) is 0.869. The molecular weight excluding hydrogens is 228 g/mol. The zero-order valence-electron chi connectivity index (χ0n) is 10.5. The molecule has 0 radical (unpaired) electrons. The van der Waals surface area contributed by atoms with E-state index < -0.39 is 0 Å². The fourth-order valence-electron chi connectivity index (χ4n) is 2.43. The topological polar surface area (TPSA) is 38.9 Å². The zero-order chi connectivity index (χ0) is 12.1. The summed E-state index contributed by atoms with van der Waals surface area (Å²) >= 11 is 2.09. The number of aromatic nitrogens is 1. The molecule has 2 nitrogen and oxygen atoms in total. The summed E-state index contributed by atoms with van der Waals surface area (Å²) in [5.74, 6) is 0. The molecule has 1 aromatic rings. The Labute approximate surface area is 108 Å². The molecule has 2 N–H and O–H groups in total. The third-order valence-corrected chi connectivity index (χ3v) is 5.31. The molecule has 0 amide bonds. The molecule has 1 aromatic heterocycles. The van der Waals surface area contributed by atoms with E-state index in [2.05, 4.69) is 35.8 Å². The number of thioether (sulfide) groups is 1. The smallest absolute Gasteiger partial charge is 0.0452 e. The molecule has 0 aliphatic heterocycles. The van der Waals surface area contributed by atoms with Gasteiger partial charge >= 0.3 is 0 Å². The molecule has 1 fully saturated rings. The first kappa shape index (κ1) is 12.9. The van der Waals surface area contributed by atoms with Crippen molar-refractivity contribution in [1.82, 2.24) is 4.98 Å². The van der Waals surface area contributed by atoms with Crippen molar-refractivity contribution in [2.75, 3.05) is 0 Å². The average molecular weight is 250 g/mol. The van der Waals surface area contributed by atoms with Crippen LogP contribution in [0.15, 0.2) is 24.5 Å². The molecule has 94 valence electrons. The summed E-state index contributed by atoms with van der Waals surface area (Å²) in [5.41, 5.74) is 7.63. The molecule has 1 aliphatic rings. The summed E-state index contributed by atoms with van der Waals surface area (Å²) in [6.45, 7) is 2.17. The lowest BCUT2D eigenvalue weighted by molar-refractivity contribution is 0.630. The Balaban J connectivity index is 2.07. The van der Waals surface area contributed by atoms with Crippen molar-refractivity contribution in [2.24, 2.45) is 5.73 Å². The average Bonchev–Trinajstić information content (AvgIpc) is 2.89. The standard InChI is InChI=1S/C14H22N2S/c1-2-13(15)14(11-7-9-16-10-8-11)17-12-5-3-4-6-12/h7-10,12-14H,2-6,15H2,1H3. The fourth-order valence-corrected chi connectivity index (χ4v) is 4.15. The first-order valence-corrected chi connectivity index (χ1v) is 7.56. The van der Waals surface area contributed by atoms with E-state index >= 15 is 0 Å². The number of rotatable bonds is 5. The molecule has 1 saturated carbocycles. The van der Waals surface area contributed by atoms with Gasteiger partial charge in [-0.25, -0.2) is 0 Å². The van der Waals surface area contributed by atoms with Crippen molar-refractivity contribution >= 4 is 11.8 Å². The van der Waals surface area contributed by atoms with Crippen molar-refractivity contribution in [3.05, 3.63) is 30.1 Å². The predicted molar refractivity (Wildman–Crippen MR) is 75.1 cm³/mol. The van der Waals surface area contributed by atoms with Gasteiger partial charge in [0.15, 0.2) is 0 Å². The Morgan fingerprint density at radius 2 is 2.00 bits per heavy atom. The largest absolute Gasteiger partial charge is 0.326 e. The Kier molecular flexibility index (Phi) is 4.86. The number of nitrogens with two attached hydrogens (primary N) is 1. The third kappa shape index (κ3) is 3.46. The van der Waals surface area contributed by atoms with Crippen LogP contribution in [0.1, 0.15) is 49.8 Å². The van der Waals surface area contributed by atoms with Crippen LogP contribution in [0.5, 0.6) is 0 Å². The van der Waals surface area contributed by atoms with Gasteiger partial charge in [0.2, 0.25) is 0 Å². The van der Waals surface area contributed by atoms with Gasteiger partial charge in [-0.3, -0.25) is 4.98 Å². The summed E-state index contributed by atoms with van der Waals surface area (Å²) in [5, 5.41) is 1.25. The Hall–Kier alpha value is -0.540. The minimum Gasteiger partial charge on any atom is -0.326 e. The molecule has 17 heavy (non-hydrogen) atoms. The van der Waals surface area contributed by atoms with Crippen LogP contribution < -0.4 is 5.73 Å². The van der Waals surface area contributed by atoms with E-state index in [0.717, 1.165) is 11.7 Å². The maximum atomic E-state index is 6.29. The Morgan fingerprint density at radius 3 is 2.59 bits per heavy atom. The van der Waals surface area contributed by atoms with Crippen molar-refractivity contribution in [1.29, 1.82) is 0 Å². The second-order valence-corrected chi connectivity index (χ2v) is 6.26. The zero-order valence-corrected chi connectivity index (χ0v) is 11.3. The molecule has 2 rings (SSSR count). The molecule has 0 bridgehead atoms. The highest BCUT2D eigenvalue weighted by Gasteiger charge is 2.25. The second-order valence-electron chi connectivity index (χ2n) is 4.82. The summed E-state index contributed by atoms with van der Waals surface area (Å²) < 4.78 is 0. The van der Waals surface area contributed by atoms with E-state index in [0.29, 0.717) is 5.25 Å².